The number of benzene rings is 1. The number of amides is 1. The van der Waals surface area contributed by atoms with E-state index in [1.165, 1.54) is 11.3 Å². The lowest BCUT2D eigenvalue weighted by Gasteiger charge is -2.10. The number of fused-ring (bicyclic) bond motifs is 1. The second-order valence-electron chi connectivity index (χ2n) is 3.93. The second kappa shape index (κ2) is 5.02. The zero-order valence-corrected chi connectivity index (χ0v) is 11.2. The number of nitrogens with zero attached hydrogens (tertiary/aromatic N) is 1. The van der Waals surface area contributed by atoms with Crippen molar-refractivity contribution in [1.29, 1.82) is 0 Å². The van der Waals surface area contributed by atoms with Crippen LogP contribution in [0.1, 0.15) is 30.6 Å². The molecule has 3 nitrogen and oxygen atoms in total. The monoisotopic (exact) mass is 268 g/mol. The smallest absolute Gasteiger partial charge is 0.251 e. The number of hydrogen-bond acceptors (Lipinski definition) is 3. The molecule has 0 radical (unpaired) electrons. The van der Waals surface area contributed by atoms with Crippen LogP contribution in [0.2, 0.25) is 4.47 Å². The van der Waals surface area contributed by atoms with Crippen LogP contribution in [0.5, 0.6) is 0 Å². The van der Waals surface area contributed by atoms with E-state index < -0.39 is 0 Å². The molecule has 0 aliphatic carbocycles. The van der Waals surface area contributed by atoms with Gasteiger partial charge >= 0.3 is 0 Å². The third-order valence-corrected chi connectivity index (χ3v) is 3.75. The lowest BCUT2D eigenvalue weighted by molar-refractivity contribution is 0.0939. The predicted octanol–water partition coefficient (Wildman–Crippen LogP) is 3.48. The highest BCUT2D eigenvalue weighted by Crippen LogP contribution is 2.26. The summed E-state index contributed by atoms with van der Waals surface area (Å²) < 4.78 is 1.49. The van der Waals surface area contributed by atoms with Gasteiger partial charge in [-0.3, -0.25) is 4.79 Å². The van der Waals surface area contributed by atoms with Gasteiger partial charge < -0.3 is 5.32 Å². The van der Waals surface area contributed by atoms with Gasteiger partial charge in [0.2, 0.25) is 0 Å². The Bertz CT molecular complexity index is 552. The van der Waals surface area contributed by atoms with Crippen LogP contribution in [-0.4, -0.2) is 16.9 Å². The average molecular weight is 269 g/mol. The molecule has 1 atom stereocenters. The summed E-state index contributed by atoms with van der Waals surface area (Å²) in [6, 6.07) is 5.63. The van der Waals surface area contributed by atoms with Crippen molar-refractivity contribution in [2.45, 2.75) is 26.3 Å². The maximum Gasteiger partial charge on any atom is 0.251 e. The largest absolute Gasteiger partial charge is 0.350 e. The standard InChI is InChI=1S/C12H13ClN2OS/c1-3-7(2)14-11(16)8-4-5-10-9(6-8)15-12(13)17-10/h4-7H,3H2,1-2H3,(H,14,16). The van der Waals surface area contributed by atoms with Crippen LogP contribution in [0, 0.1) is 0 Å². The molecule has 1 heterocycles. The van der Waals surface area contributed by atoms with Gasteiger partial charge in [0.05, 0.1) is 10.2 Å². The van der Waals surface area contributed by atoms with E-state index in [0.717, 1.165) is 16.6 Å². The fourth-order valence-corrected chi connectivity index (χ4v) is 2.46. The number of nitrogens with one attached hydrogen (secondary N) is 1. The molecule has 0 fully saturated rings. The predicted molar refractivity (Wildman–Crippen MR) is 71.8 cm³/mol. The average Bonchev–Trinajstić information content (AvgIpc) is 2.67. The van der Waals surface area contributed by atoms with E-state index in [4.69, 9.17) is 11.6 Å². The van der Waals surface area contributed by atoms with E-state index in [0.29, 0.717) is 10.0 Å². The molecule has 17 heavy (non-hydrogen) atoms. The van der Waals surface area contributed by atoms with Crippen molar-refractivity contribution in [1.82, 2.24) is 10.3 Å². The lowest BCUT2D eigenvalue weighted by Crippen LogP contribution is -2.31. The zero-order valence-electron chi connectivity index (χ0n) is 9.66. The summed E-state index contributed by atoms with van der Waals surface area (Å²) in [5.41, 5.74) is 1.40. The van der Waals surface area contributed by atoms with Crippen molar-refractivity contribution in [3.05, 3.63) is 28.2 Å². The molecule has 0 aliphatic heterocycles. The quantitative estimate of drug-likeness (QED) is 0.926. The highest BCUT2D eigenvalue weighted by atomic mass is 35.5. The van der Waals surface area contributed by atoms with Gasteiger partial charge in [0, 0.05) is 11.6 Å². The van der Waals surface area contributed by atoms with Gasteiger partial charge in [0.25, 0.3) is 5.91 Å². The Morgan fingerprint density at radius 1 is 1.59 bits per heavy atom. The third-order valence-electron chi connectivity index (χ3n) is 2.61. The Balaban J connectivity index is 2.26. The molecule has 0 spiro atoms. The molecule has 2 rings (SSSR count). The summed E-state index contributed by atoms with van der Waals surface area (Å²) in [4.78, 5) is 16.1. The SMILES string of the molecule is CCC(C)NC(=O)c1ccc2sc(Cl)nc2c1. The van der Waals surface area contributed by atoms with Crippen molar-refractivity contribution in [3.63, 3.8) is 0 Å². The minimum atomic E-state index is -0.0645. The van der Waals surface area contributed by atoms with E-state index in [-0.39, 0.29) is 11.9 Å². The molecular weight excluding hydrogens is 256 g/mol. The molecule has 1 unspecified atom stereocenters. The van der Waals surface area contributed by atoms with Crippen LogP contribution in [0.3, 0.4) is 0 Å². The molecule has 90 valence electrons. The van der Waals surface area contributed by atoms with Crippen LogP contribution in [0.25, 0.3) is 10.2 Å². The molecule has 5 heteroatoms. The van der Waals surface area contributed by atoms with Crippen LogP contribution in [0.15, 0.2) is 18.2 Å². The number of aromatic nitrogens is 1. The molecule has 2 aromatic rings. The number of halogens is 1. The van der Waals surface area contributed by atoms with Crippen molar-refractivity contribution < 1.29 is 4.79 Å². The number of hydrogen-bond donors (Lipinski definition) is 1. The van der Waals surface area contributed by atoms with Gasteiger partial charge in [0.15, 0.2) is 4.47 Å². The molecule has 1 amide bonds. The fourth-order valence-electron chi connectivity index (χ4n) is 1.45. The Kier molecular flexibility index (Phi) is 3.64. The van der Waals surface area contributed by atoms with E-state index in [1.807, 2.05) is 19.9 Å². The highest BCUT2D eigenvalue weighted by Gasteiger charge is 2.10. The number of thiazole rings is 1. The van der Waals surface area contributed by atoms with E-state index in [1.54, 1.807) is 12.1 Å². The van der Waals surface area contributed by atoms with Crippen molar-refractivity contribution >= 4 is 39.1 Å². The highest BCUT2D eigenvalue weighted by molar-refractivity contribution is 7.22. The van der Waals surface area contributed by atoms with Crippen molar-refractivity contribution in [2.75, 3.05) is 0 Å². The molecule has 1 aromatic carbocycles. The van der Waals surface area contributed by atoms with Crippen molar-refractivity contribution in [3.8, 4) is 0 Å². The van der Waals surface area contributed by atoms with Gasteiger partial charge in [-0.05, 0) is 31.5 Å². The van der Waals surface area contributed by atoms with Gasteiger partial charge in [-0.15, -0.1) is 11.3 Å². The molecule has 1 aromatic heterocycles. The molecule has 0 saturated heterocycles. The summed E-state index contributed by atoms with van der Waals surface area (Å²) in [5, 5.41) is 2.92. The van der Waals surface area contributed by atoms with Gasteiger partial charge in [0.1, 0.15) is 0 Å². The minimum absolute atomic E-state index is 0.0645. The topological polar surface area (TPSA) is 42.0 Å². The first-order valence-electron chi connectivity index (χ1n) is 5.47. The summed E-state index contributed by atoms with van der Waals surface area (Å²) in [6.45, 7) is 4.02. The number of rotatable bonds is 3. The second-order valence-corrected chi connectivity index (χ2v) is 5.54. The van der Waals surface area contributed by atoms with Gasteiger partial charge in [-0.25, -0.2) is 4.98 Å². The first-order chi connectivity index (χ1) is 8.10. The summed E-state index contributed by atoms with van der Waals surface area (Å²) in [6.07, 6.45) is 0.913. The third kappa shape index (κ3) is 2.76. The van der Waals surface area contributed by atoms with Gasteiger partial charge in [-0.2, -0.15) is 0 Å². The van der Waals surface area contributed by atoms with Gasteiger partial charge in [-0.1, -0.05) is 18.5 Å². The number of carbonyl (C=O) groups is 1. The summed E-state index contributed by atoms with van der Waals surface area (Å²) in [5.74, 6) is -0.0645. The van der Waals surface area contributed by atoms with E-state index in [2.05, 4.69) is 10.3 Å². The Morgan fingerprint density at radius 2 is 2.35 bits per heavy atom. The summed E-state index contributed by atoms with van der Waals surface area (Å²) >= 11 is 7.24. The Morgan fingerprint density at radius 3 is 3.06 bits per heavy atom. The molecule has 0 aliphatic rings. The molecule has 1 N–H and O–H groups in total. The maximum atomic E-state index is 11.9. The lowest BCUT2D eigenvalue weighted by atomic mass is 10.1. The molecule has 0 saturated carbocycles. The first kappa shape index (κ1) is 12.3. The summed E-state index contributed by atoms with van der Waals surface area (Å²) in [7, 11) is 0. The van der Waals surface area contributed by atoms with E-state index >= 15 is 0 Å². The first-order valence-corrected chi connectivity index (χ1v) is 6.66. The normalized spacial score (nSPS) is 12.6. The van der Waals surface area contributed by atoms with Crippen LogP contribution in [-0.2, 0) is 0 Å². The minimum Gasteiger partial charge on any atom is -0.350 e. The van der Waals surface area contributed by atoms with E-state index in [9.17, 15) is 4.79 Å². The zero-order chi connectivity index (χ0) is 12.4. The maximum absolute atomic E-state index is 11.9. The van der Waals surface area contributed by atoms with Crippen LogP contribution in [0.4, 0.5) is 0 Å². The van der Waals surface area contributed by atoms with Crippen LogP contribution >= 0.6 is 22.9 Å². The Hall–Kier alpha value is -1.13. The van der Waals surface area contributed by atoms with Crippen molar-refractivity contribution in [2.24, 2.45) is 0 Å². The van der Waals surface area contributed by atoms with Crippen LogP contribution < -0.4 is 5.32 Å². The fraction of sp³-hybridized carbons (Fsp3) is 0.333. The molecule has 0 bridgehead atoms. The number of carbonyl (C=O) groups excluding carboxylic acids is 1. The molecular formula is C12H13ClN2OS. The Labute approximate surface area is 109 Å².